The van der Waals surface area contributed by atoms with Gasteiger partial charge in [-0.2, -0.15) is 10.1 Å². The molecule has 1 aliphatic rings. The maximum absolute atomic E-state index is 15.2. The number of nitrogens with two attached hydrogens (primary N) is 1. The number of nitrogens with zero attached hydrogens (tertiary/aromatic N) is 2. The lowest BCUT2D eigenvalue weighted by atomic mass is 9.97. The van der Waals surface area contributed by atoms with Crippen molar-refractivity contribution in [2.75, 3.05) is 12.3 Å². The van der Waals surface area contributed by atoms with Gasteiger partial charge in [0.05, 0.1) is 12.7 Å². The highest BCUT2D eigenvalue weighted by Crippen LogP contribution is 2.50. The van der Waals surface area contributed by atoms with E-state index in [0.29, 0.717) is 15.3 Å². The molecule has 1 unspecified atom stereocenters. The number of alkyl halides is 3. The topological polar surface area (TPSA) is 164 Å². The Labute approximate surface area is 238 Å². The van der Waals surface area contributed by atoms with Crippen molar-refractivity contribution in [1.29, 1.82) is 0 Å². The minimum Gasteiger partial charge on any atom is -0.462 e. The van der Waals surface area contributed by atoms with Crippen LogP contribution in [0.3, 0.4) is 0 Å². The number of fused-ring (bicyclic) bond motifs is 1. The molecule has 1 fully saturated rings. The Morgan fingerprint density at radius 3 is 2.57 bits per heavy atom. The molecule has 0 spiro atoms. The standard InChI is InChI=1S/C26H30F3N4O8P/c1-14(2)39-23(35)15(3)32-42(37,41-18-10-6-8-16-7-4-5-9-17(16)18)38-13-26(24(28)29)21(34)20(27)22(40-26)33-12-11-19(30)31-25(33)36/h4-12,14-15,20-22,24,34H,13H2,1-3H3,(H,32,37)(H2,30,31,36)/t15-,20+,21-,22+,26+,42?/m0/s1. The highest BCUT2D eigenvalue weighted by molar-refractivity contribution is 7.52. The predicted molar refractivity (Wildman–Crippen MR) is 145 cm³/mol. The summed E-state index contributed by atoms with van der Waals surface area (Å²) in [4.78, 5) is 28.2. The summed E-state index contributed by atoms with van der Waals surface area (Å²) in [7, 11) is -4.78. The lowest BCUT2D eigenvalue weighted by Gasteiger charge is -2.32. The molecule has 12 nitrogen and oxygen atoms in total. The van der Waals surface area contributed by atoms with Crippen LogP contribution in [0.2, 0.25) is 0 Å². The van der Waals surface area contributed by atoms with Gasteiger partial charge in [-0.1, -0.05) is 36.4 Å². The number of hydrogen-bond donors (Lipinski definition) is 3. The van der Waals surface area contributed by atoms with Gasteiger partial charge in [0.25, 0.3) is 6.43 Å². The van der Waals surface area contributed by atoms with E-state index in [9.17, 15) is 28.0 Å². The quantitative estimate of drug-likeness (QED) is 0.214. The third kappa shape index (κ3) is 6.45. The minimum absolute atomic E-state index is 0.00749. The second-order valence-corrected chi connectivity index (χ2v) is 11.6. The molecular formula is C26H30F3N4O8P. The van der Waals surface area contributed by atoms with Crippen molar-refractivity contribution in [3.63, 3.8) is 0 Å². The fourth-order valence-corrected chi connectivity index (χ4v) is 5.83. The summed E-state index contributed by atoms with van der Waals surface area (Å²) in [6.45, 7) is 3.07. The van der Waals surface area contributed by atoms with Gasteiger partial charge in [-0.05, 0) is 38.3 Å². The number of carbonyl (C=O) groups is 1. The molecular weight excluding hydrogens is 584 g/mol. The zero-order valence-corrected chi connectivity index (χ0v) is 23.6. The van der Waals surface area contributed by atoms with E-state index in [1.165, 1.54) is 13.0 Å². The van der Waals surface area contributed by atoms with E-state index in [2.05, 4.69) is 10.1 Å². The number of aliphatic hydroxyl groups is 1. The van der Waals surface area contributed by atoms with E-state index in [0.717, 1.165) is 12.3 Å². The van der Waals surface area contributed by atoms with Crippen LogP contribution >= 0.6 is 7.75 Å². The number of aromatic nitrogens is 2. The summed E-state index contributed by atoms with van der Waals surface area (Å²) in [5, 5.41) is 14.1. The first-order chi connectivity index (χ1) is 19.8. The van der Waals surface area contributed by atoms with Gasteiger partial charge in [-0.15, -0.1) is 0 Å². The number of aliphatic hydroxyl groups excluding tert-OH is 1. The first-order valence-corrected chi connectivity index (χ1v) is 14.3. The Morgan fingerprint density at radius 1 is 1.21 bits per heavy atom. The number of rotatable bonds is 11. The average Bonchev–Trinajstić information content (AvgIpc) is 3.18. The molecule has 1 saturated heterocycles. The number of carbonyl (C=O) groups excluding carboxylic acids is 1. The number of nitrogen functional groups attached to an aromatic ring is 1. The van der Waals surface area contributed by atoms with Crippen LogP contribution in [0, 0.1) is 0 Å². The van der Waals surface area contributed by atoms with E-state index in [1.54, 1.807) is 50.2 Å². The van der Waals surface area contributed by atoms with Crippen molar-refractivity contribution < 1.29 is 46.2 Å². The van der Waals surface area contributed by atoms with Crippen LogP contribution < -0.4 is 21.0 Å². The number of anilines is 1. The zero-order valence-electron chi connectivity index (χ0n) is 22.7. The van der Waals surface area contributed by atoms with E-state index >= 15 is 4.39 Å². The number of benzene rings is 2. The highest BCUT2D eigenvalue weighted by Gasteiger charge is 2.62. The molecule has 0 radical (unpaired) electrons. The first-order valence-electron chi connectivity index (χ1n) is 12.8. The molecule has 0 amide bonds. The number of hydrogen-bond acceptors (Lipinski definition) is 10. The van der Waals surface area contributed by atoms with Crippen molar-refractivity contribution in [3.8, 4) is 5.75 Å². The monoisotopic (exact) mass is 614 g/mol. The summed E-state index contributed by atoms with van der Waals surface area (Å²) in [6.07, 6.45) is -10.3. The van der Waals surface area contributed by atoms with Crippen molar-refractivity contribution in [2.45, 2.75) is 63.4 Å². The van der Waals surface area contributed by atoms with Crippen LogP contribution in [0.15, 0.2) is 59.5 Å². The van der Waals surface area contributed by atoms with Gasteiger partial charge in [0.15, 0.2) is 18.0 Å². The fourth-order valence-electron chi connectivity index (χ4n) is 4.28. The minimum atomic E-state index is -4.78. The molecule has 0 aliphatic carbocycles. The lowest BCUT2D eigenvalue weighted by Crippen LogP contribution is -2.52. The van der Waals surface area contributed by atoms with E-state index in [1.807, 2.05) is 0 Å². The number of halogens is 3. The molecule has 4 rings (SSSR count). The molecule has 0 saturated carbocycles. The second-order valence-electron chi connectivity index (χ2n) is 9.87. The SMILES string of the molecule is CC(C)OC(=O)[C@H](C)NP(=O)(OC[C@@]1(C(F)F)O[C@@H](n2ccc(N)nc2=O)[C@H](F)[C@@H]1O)Oc1cccc2ccccc12. The third-order valence-electron chi connectivity index (χ3n) is 6.40. The first kappa shape index (κ1) is 31.4. The van der Waals surface area contributed by atoms with Crippen LogP contribution in [0.4, 0.5) is 19.0 Å². The molecule has 0 bridgehead atoms. The van der Waals surface area contributed by atoms with Gasteiger partial charge in [-0.25, -0.2) is 22.5 Å². The third-order valence-corrected chi connectivity index (χ3v) is 8.00. The van der Waals surface area contributed by atoms with Gasteiger partial charge >= 0.3 is 19.4 Å². The fraction of sp³-hybridized carbons (Fsp3) is 0.423. The van der Waals surface area contributed by atoms with Crippen molar-refractivity contribution >= 4 is 30.3 Å². The zero-order chi connectivity index (χ0) is 30.8. The Kier molecular flexibility index (Phi) is 9.28. The Balaban J connectivity index is 1.67. The van der Waals surface area contributed by atoms with Crippen LogP contribution in [0.1, 0.15) is 27.0 Å². The molecule has 2 heterocycles. The Bertz CT molecular complexity index is 1540. The maximum atomic E-state index is 15.2. The molecule has 1 aromatic heterocycles. The summed E-state index contributed by atoms with van der Waals surface area (Å²) in [5.41, 5.74) is 1.20. The molecule has 1 aliphatic heterocycles. The van der Waals surface area contributed by atoms with Crippen LogP contribution in [-0.4, -0.2) is 63.7 Å². The van der Waals surface area contributed by atoms with Crippen LogP contribution in [-0.2, 0) is 23.4 Å². The Morgan fingerprint density at radius 2 is 1.90 bits per heavy atom. The predicted octanol–water partition coefficient (Wildman–Crippen LogP) is 3.34. The molecule has 2 aromatic carbocycles. The van der Waals surface area contributed by atoms with Crippen molar-refractivity contribution in [3.05, 3.63) is 65.2 Å². The molecule has 42 heavy (non-hydrogen) atoms. The lowest BCUT2D eigenvalue weighted by molar-refractivity contribution is -0.192. The summed E-state index contributed by atoms with van der Waals surface area (Å²) in [6, 6.07) is 11.4. The van der Waals surface area contributed by atoms with Gasteiger partial charge in [-0.3, -0.25) is 13.9 Å². The van der Waals surface area contributed by atoms with E-state index in [4.69, 9.17) is 24.3 Å². The molecule has 16 heteroatoms. The van der Waals surface area contributed by atoms with E-state index < -0.39 is 68.7 Å². The van der Waals surface area contributed by atoms with Crippen molar-refractivity contribution in [1.82, 2.24) is 14.6 Å². The van der Waals surface area contributed by atoms with E-state index in [-0.39, 0.29) is 11.6 Å². The Hall–Kier alpha value is -3.49. The summed E-state index contributed by atoms with van der Waals surface area (Å²) < 4.78 is 80.3. The molecule has 6 atom stereocenters. The largest absolute Gasteiger partial charge is 0.462 e. The van der Waals surface area contributed by atoms with Gasteiger partial charge in [0.2, 0.25) is 0 Å². The number of nitrogens with one attached hydrogen (secondary N) is 1. The normalized spacial score (nSPS) is 24.5. The smallest absolute Gasteiger partial charge is 0.459 e. The average molecular weight is 615 g/mol. The maximum Gasteiger partial charge on any atom is 0.459 e. The highest BCUT2D eigenvalue weighted by atomic mass is 31.2. The van der Waals surface area contributed by atoms with Gasteiger partial charge < -0.3 is 24.8 Å². The van der Waals surface area contributed by atoms with Crippen molar-refractivity contribution in [2.24, 2.45) is 0 Å². The second kappa shape index (κ2) is 12.4. The molecule has 228 valence electrons. The number of esters is 1. The molecule has 4 N–H and O–H groups in total. The van der Waals surface area contributed by atoms with Crippen LogP contribution in [0.25, 0.3) is 10.8 Å². The molecule has 3 aromatic rings. The summed E-state index contributed by atoms with van der Waals surface area (Å²) in [5.74, 6) is -1.06. The summed E-state index contributed by atoms with van der Waals surface area (Å²) >= 11 is 0. The van der Waals surface area contributed by atoms with Gasteiger partial charge in [0.1, 0.15) is 23.7 Å². The van der Waals surface area contributed by atoms with Gasteiger partial charge in [0, 0.05) is 11.6 Å². The number of ether oxygens (including phenoxy) is 2. The van der Waals surface area contributed by atoms with Crippen LogP contribution in [0.5, 0.6) is 5.75 Å².